The second kappa shape index (κ2) is 5.17. The molecule has 0 radical (unpaired) electrons. The van der Waals surface area contributed by atoms with Gasteiger partial charge in [-0.25, -0.2) is 0 Å². The molecular formula is C13H21NO. The molecule has 0 aliphatic heterocycles. The minimum absolute atomic E-state index is 0.138. The van der Waals surface area contributed by atoms with Gasteiger partial charge in [0, 0.05) is 6.04 Å². The molecule has 0 spiro atoms. The fourth-order valence-corrected chi connectivity index (χ4v) is 1.74. The number of rotatable bonds is 4. The summed E-state index contributed by atoms with van der Waals surface area (Å²) in [6.07, 6.45) is 0.967. The molecule has 1 atom stereocenters. The van der Waals surface area contributed by atoms with Crippen molar-refractivity contribution in [1.29, 1.82) is 0 Å². The molecular weight excluding hydrogens is 186 g/mol. The molecule has 0 heterocycles. The van der Waals surface area contributed by atoms with Gasteiger partial charge in [-0.15, -0.1) is 0 Å². The second-order valence-electron chi connectivity index (χ2n) is 3.92. The van der Waals surface area contributed by atoms with Gasteiger partial charge in [-0.2, -0.15) is 0 Å². The molecule has 0 aliphatic rings. The average molecular weight is 207 g/mol. The summed E-state index contributed by atoms with van der Waals surface area (Å²) < 4.78 is 5.55. The van der Waals surface area contributed by atoms with E-state index in [1.807, 2.05) is 6.92 Å². The highest BCUT2D eigenvalue weighted by Gasteiger charge is 2.10. The molecule has 84 valence electrons. The highest BCUT2D eigenvalue weighted by Crippen LogP contribution is 2.26. The van der Waals surface area contributed by atoms with Crippen LogP contribution >= 0.6 is 0 Å². The maximum Gasteiger partial charge on any atom is 0.122 e. The molecule has 0 saturated carbocycles. The molecule has 0 aliphatic carbocycles. The maximum atomic E-state index is 6.05. The van der Waals surface area contributed by atoms with E-state index in [-0.39, 0.29) is 6.04 Å². The quantitative estimate of drug-likeness (QED) is 0.823. The maximum absolute atomic E-state index is 6.05. The number of benzene rings is 1. The zero-order valence-corrected chi connectivity index (χ0v) is 10.1. The van der Waals surface area contributed by atoms with E-state index in [2.05, 4.69) is 32.9 Å². The lowest BCUT2D eigenvalue weighted by Crippen LogP contribution is -2.11. The van der Waals surface area contributed by atoms with Crippen LogP contribution in [0.15, 0.2) is 12.1 Å². The molecule has 2 heteroatoms. The monoisotopic (exact) mass is 207 g/mol. The molecule has 1 aromatic rings. The first-order chi connectivity index (χ1) is 7.10. The van der Waals surface area contributed by atoms with E-state index in [9.17, 15) is 0 Å². The summed E-state index contributed by atoms with van der Waals surface area (Å²) in [6, 6.07) is 4.37. The summed E-state index contributed by atoms with van der Waals surface area (Å²) in [5, 5.41) is 0. The van der Waals surface area contributed by atoms with Gasteiger partial charge in [-0.3, -0.25) is 0 Å². The molecule has 0 amide bonds. The molecule has 2 nitrogen and oxygen atoms in total. The van der Waals surface area contributed by atoms with Crippen molar-refractivity contribution < 1.29 is 4.74 Å². The molecule has 1 unspecified atom stereocenters. The van der Waals surface area contributed by atoms with Crippen molar-refractivity contribution in [3.8, 4) is 5.75 Å². The minimum Gasteiger partial charge on any atom is -0.494 e. The van der Waals surface area contributed by atoms with Crippen molar-refractivity contribution in [3.05, 3.63) is 28.8 Å². The number of hydrogen-bond donors (Lipinski definition) is 1. The summed E-state index contributed by atoms with van der Waals surface area (Å²) in [5.74, 6) is 0.974. The Morgan fingerprint density at radius 1 is 1.20 bits per heavy atom. The molecule has 0 saturated heterocycles. The first kappa shape index (κ1) is 12.1. The highest BCUT2D eigenvalue weighted by atomic mass is 16.5. The van der Waals surface area contributed by atoms with Gasteiger partial charge in [-0.1, -0.05) is 13.0 Å². The topological polar surface area (TPSA) is 35.2 Å². The molecule has 0 bridgehead atoms. The molecule has 0 aromatic heterocycles. The normalized spacial score (nSPS) is 12.6. The second-order valence-corrected chi connectivity index (χ2v) is 3.92. The summed E-state index contributed by atoms with van der Waals surface area (Å²) in [7, 11) is 0. The van der Waals surface area contributed by atoms with Gasteiger partial charge in [0.2, 0.25) is 0 Å². The standard InChI is InChI=1S/C13H21NO/c1-5-12(14)11-7-10(4)13(15-6-2)8-9(11)3/h7-8,12H,5-6,14H2,1-4H3. The lowest BCUT2D eigenvalue weighted by Gasteiger charge is -2.16. The Bertz CT molecular complexity index is 334. The van der Waals surface area contributed by atoms with Gasteiger partial charge >= 0.3 is 0 Å². The summed E-state index contributed by atoms with van der Waals surface area (Å²) >= 11 is 0. The smallest absolute Gasteiger partial charge is 0.122 e. The number of nitrogens with two attached hydrogens (primary N) is 1. The predicted molar refractivity (Wildman–Crippen MR) is 64.3 cm³/mol. The first-order valence-corrected chi connectivity index (χ1v) is 5.59. The zero-order valence-electron chi connectivity index (χ0n) is 10.1. The van der Waals surface area contributed by atoms with Crippen LogP contribution in [0.3, 0.4) is 0 Å². The largest absolute Gasteiger partial charge is 0.494 e. The fraction of sp³-hybridized carbons (Fsp3) is 0.538. The third-order valence-electron chi connectivity index (χ3n) is 2.70. The van der Waals surface area contributed by atoms with E-state index < -0.39 is 0 Å². The minimum atomic E-state index is 0.138. The third kappa shape index (κ3) is 2.72. The van der Waals surface area contributed by atoms with Crippen LogP contribution in [0.4, 0.5) is 0 Å². The number of ether oxygens (including phenoxy) is 1. The van der Waals surface area contributed by atoms with Gasteiger partial charge in [0.1, 0.15) is 5.75 Å². The van der Waals surface area contributed by atoms with E-state index in [0.717, 1.165) is 12.2 Å². The summed E-state index contributed by atoms with van der Waals surface area (Å²) in [5.41, 5.74) is 9.67. The van der Waals surface area contributed by atoms with Crippen LogP contribution < -0.4 is 10.5 Å². The van der Waals surface area contributed by atoms with Gasteiger partial charge in [0.25, 0.3) is 0 Å². The Hall–Kier alpha value is -1.02. The van der Waals surface area contributed by atoms with Crippen LogP contribution in [0.25, 0.3) is 0 Å². The van der Waals surface area contributed by atoms with Crippen molar-refractivity contribution in [3.63, 3.8) is 0 Å². The highest BCUT2D eigenvalue weighted by molar-refractivity contribution is 5.42. The Morgan fingerprint density at radius 3 is 2.40 bits per heavy atom. The van der Waals surface area contributed by atoms with Crippen LogP contribution in [-0.2, 0) is 0 Å². The number of aryl methyl sites for hydroxylation is 2. The van der Waals surface area contributed by atoms with E-state index in [0.29, 0.717) is 6.61 Å². The SMILES string of the molecule is CCOc1cc(C)c(C(N)CC)cc1C. The van der Waals surface area contributed by atoms with Crippen molar-refractivity contribution in [2.24, 2.45) is 5.73 Å². The van der Waals surface area contributed by atoms with Crippen LogP contribution in [0.5, 0.6) is 5.75 Å². The van der Waals surface area contributed by atoms with Crippen LogP contribution in [0.2, 0.25) is 0 Å². The Morgan fingerprint density at radius 2 is 1.87 bits per heavy atom. The molecule has 1 aromatic carbocycles. The lowest BCUT2D eigenvalue weighted by molar-refractivity contribution is 0.337. The van der Waals surface area contributed by atoms with Gasteiger partial charge in [-0.05, 0) is 49.9 Å². The van der Waals surface area contributed by atoms with E-state index in [1.54, 1.807) is 0 Å². The third-order valence-corrected chi connectivity index (χ3v) is 2.70. The summed E-state index contributed by atoms with van der Waals surface area (Å²) in [6.45, 7) is 8.97. The lowest BCUT2D eigenvalue weighted by atomic mass is 9.97. The van der Waals surface area contributed by atoms with Crippen LogP contribution in [-0.4, -0.2) is 6.61 Å². The first-order valence-electron chi connectivity index (χ1n) is 5.59. The zero-order chi connectivity index (χ0) is 11.4. The van der Waals surface area contributed by atoms with Crippen LogP contribution in [0.1, 0.15) is 43.0 Å². The number of hydrogen-bond acceptors (Lipinski definition) is 2. The molecule has 15 heavy (non-hydrogen) atoms. The van der Waals surface area contributed by atoms with E-state index in [1.165, 1.54) is 16.7 Å². The Kier molecular flexibility index (Phi) is 4.15. The van der Waals surface area contributed by atoms with Gasteiger partial charge in [0.15, 0.2) is 0 Å². The fourth-order valence-electron chi connectivity index (χ4n) is 1.74. The van der Waals surface area contributed by atoms with Gasteiger partial charge < -0.3 is 10.5 Å². The predicted octanol–water partition coefficient (Wildman–Crippen LogP) is 3.11. The van der Waals surface area contributed by atoms with Crippen molar-refractivity contribution in [2.75, 3.05) is 6.61 Å². The molecule has 1 rings (SSSR count). The van der Waals surface area contributed by atoms with Crippen molar-refractivity contribution in [1.82, 2.24) is 0 Å². The average Bonchev–Trinajstić information content (AvgIpc) is 2.22. The van der Waals surface area contributed by atoms with Crippen molar-refractivity contribution in [2.45, 2.75) is 40.2 Å². The Labute approximate surface area is 92.4 Å². The van der Waals surface area contributed by atoms with E-state index in [4.69, 9.17) is 10.5 Å². The molecule has 0 fully saturated rings. The van der Waals surface area contributed by atoms with Gasteiger partial charge in [0.05, 0.1) is 6.61 Å². The molecule has 2 N–H and O–H groups in total. The Balaban J connectivity index is 3.07. The van der Waals surface area contributed by atoms with Crippen molar-refractivity contribution >= 4 is 0 Å². The van der Waals surface area contributed by atoms with E-state index >= 15 is 0 Å². The summed E-state index contributed by atoms with van der Waals surface area (Å²) in [4.78, 5) is 0. The van der Waals surface area contributed by atoms with Crippen LogP contribution in [0, 0.1) is 13.8 Å².